The lowest BCUT2D eigenvalue weighted by Gasteiger charge is -2.30. The van der Waals surface area contributed by atoms with Gasteiger partial charge in [0.1, 0.15) is 0 Å². The van der Waals surface area contributed by atoms with Gasteiger partial charge < -0.3 is 10.2 Å². The zero-order valence-electron chi connectivity index (χ0n) is 11.0. The van der Waals surface area contributed by atoms with Gasteiger partial charge in [-0.25, -0.2) is 23.6 Å². The van der Waals surface area contributed by atoms with Crippen LogP contribution < -0.4 is 24.4 Å². The smallest absolute Gasteiger partial charge is 0.183 e. The summed E-state index contributed by atoms with van der Waals surface area (Å²) >= 11 is 0. The number of hydrogen-bond donors (Lipinski definition) is 1. The molecule has 0 aliphatic heterocycles. The number of aliphatic imine (C=N–C) groups is 1. The molecule has 0 radical (unpaired) electrons. The minimum absolute atomic E-state index is 0.296. The summed E-state index contributed by atoms with van der Waals surface area (Å²) in [7, 11) is 1.47. The Hall–Kier alpha value is -0.440. The number of hydrogen-bond acceptors (Lipinski definition) is 5. The van der Waals surface area contributed by atoms with Crippen LogP contribution in [0.2, 0.25) is 0 Å². The molecule has 7 nitrogen and oxygen atoms in total. The molecule has 0 saturated carbocycles. The number of amidine groups is 1. The lowest BCUT2D eigenvalue weighted by Crippen LogP contribution is -2.68. The number of nitrogens with two attached hydrogens (primary N) is 1. The van der Waals surface area contributed by atoms with E-state index in [0.717, 1.165) is 23.2 Å². The molecule has 0 spiro atoms. The SMILES string of the molecule is CC/C(N)=N/C(CC)[N+](C)(C)C.[O-][Cl+3]([O-])([O-])[O-]. The van der Waals surface area contributed by atoms with Crippen LogP contribution in [-0.4, -0.2) is 37.6 Å². The highest BCUT2D eigenvalue weighted by atomic mass is 35.7. The summed E-state index contributed by atoms with van der Waals surface area (Å²) in [5.41, 5.74) is 5.69. The van der Waals surface area contributed by atoms with Gasteiger partial charge in [0.25, 0.3) is 0 Å². The van der Waals surface area contributed by atoms with Gasteiger partial charge in [-0.1, -0.05) is 13.8 Å². The van der Waals surface area contributed by atoms with E-state index in [0.29, 0.717) is 6.17 Å². The Labute approximate surface area is 105 Å². The molecule has 0 aromatic rings. The first-order valence-electron chi connectivity index (χ1n) is 5.16. The van der Waals surface area contributed by atoms with Gasteiger partial charge >= 0.3 is 0 Å². The molecule has 0 bridgehead atoms. The topological polar surface area (TPSA) is 131 Å². The van der Waals surface area contributed by atoms with E-state index >= 15 is 0 Å². The van der Waals surface area contributed by atoms with E-state index in [2.05, 4.69) is 33.1 Å². The predicted molar refractivity (Wildman–Crippen MR) is 54.0 cm³/mol. The van der Waals surface area contributed by atoms with Crippen molar-refractivity contribution < 1.29 is 33.4 Å². The Bertz CT molecular complexity index is 229. The number of nitrogens with zero attached hydrogens (tertiary/aromatic N) is 2. The van der Waals surface area contributed by atoms with E-state index in [1.165, 1.54) is 0 Å². The average molecular weight is 272 g/mol. The molecule has 104 valence electrons. The standard InChI is InChI=1S/C9H22N3.ClHO4/c1-6-8(10)11-9(7-2)12(3,4)5;2-1(3,4)5/h9H,6-7H2,1-5H3,(H2,10,11);(H,2,3,4,5)/q+1;/p-1. The molecule has 8 heteroatoms. The van der Waals surface area contributed by atoms with E-state index in [9.17, 15) is 0 Å². The number of rotatable bonds is 4. The van der Waals surface area contributed by atoms with Crippen molar-refractivity contribution in [2.24, 2.45) is 10.7 Å². The molecule has 0 rings (SSSR count). The quantitative estimate of drug-likeness (QED) is 0.321. The fourth-order valence-electron chi connectivity index (χ4n) is 1.09. The Balaban J connectivity index is 0. The third-order valence-corrected chi connectivity index (χ3v) is 1.94. The molecule has 0 fully saturated rings. The van der Waals surface area contributed by atoms with Gasteiger partial charge in [0, 0.05) is 12.8 Å². The largest absolute Gasteiger partial charge is 0.387 e. The van der Waals surface area contributed by atoms with Crippen molar-refractivity contribution in [3.05, 3.63) is 0 Å². The molecular weight excluding hydrogens is 250 g/mol. The fourth-order valence-corrected chi connectivity index (χ4v) is 1.09. The summed E-state index contributed by atoms with van der Waals surface area (Å²) in [5, 5.41) is 0. The Morgan fingerprint density at radius 2 is 1.53 bits per heavy atom. The van der Waals surface area contributed by atoms with E-state index < -0.39 is 10.2 Å². The molecule has 0 saturated heterocycles. The van der Waals surface area contributed by atoms with Crippen molar-refractivity contribution in [3.8, 4) is 0 Å². The first-order chi connectivity index (χ1) is 7.41. The summed E-state index contributed by atoms with van der Waals surface area (Å²) in [6.45, 7) is 4.17. The normalized spacial score (nSPS) is 15.0. The highest BCUT2D eigenvalue weighted by Crippen LogP contribution is 2.08. The van der Waals surface area contributed by atoms with Crippen LogP contribution in [0.3, 0.4) is 0 Å². The van der Waals surface area contributed by atoms with E-state index in [4.69, 9.17) is 24.4 Å². The zero-order valence-corrected chi connectivity index (χ0v) is 11.7. The molecule has 0 heterocycles. The maximum absolute atomic E-state index is 8.49. The molecule has 17 heavy (non-hydrogen) atoms. The van der Waals surface area contributed by atoms with Crippen LogP contribution in [0.15, 0.2) is 4.99 Å². The summed E-state index contributed by atoms with van der Waals surface area (Å²) in [4.78, 5) is 4.45. The first-order valence-corrected chi connectivity index (χ1v) is 6.40. The van der Waals surface area contributed by atoms with Gasteiger partial charge in [-0.3, -0.25) is 0 Å². The second-order valence-electron chi connectivity index (χ2n) is 4.36. The molecule has 0 aromatic heterocycles. The maximum atomic E-state index is 8.49. The lowest BCUT2D eigenvalue weighted by atomic mass is 10.3. The van der Waals surface area contributed by atoms with Crippen LogP contribution in [0.25, 0.3) is 0 Å². The minimum atomic E-state index is -4.94. The maximum Gasteiger partial charge on any atom is 0.183 e. The monoisotopic (exact) mass is 271 g/mol. The van der Waals surface area contributed by atoms with Crippen molar-refractivity contribution in [3.63, 3.8) is 0 Å². The summed E-state index contributed by atoms with van der Waals surface area (Å²) in [6.07, 6.45) is 2.17. The molecule has 0 aromatic carbocycles. The number of halogens is 1. The Morgan fingerprint density at radius 1 is 1.18 bits per heavy atom. The van der Waals surface area contributed by atoms with Gasteiger partial charge in [-0.15, -0.1) is 10.2 Å². The van der Waals surface area contributed by atoms with Crippen LogP contribution in [0.5, 0.6) is 0 Å². The molecule has 2 N–H and O–H groups in total. The van der Waals surface area contributed by atoms with Crippen molar-refractivity contribution in [1.82, 2.24) is 0 Å². The van der Waals surface area contributed by atoms with Crippen molar-refractivity contribution in [2.45, 2.75) is 32.9 Å². The van der Waals surface area contributed by atoms with Crippen LogP contribution in [0, 0.1) is 10.2 Å². The highest BCUT2D eigenvalue weighted by molar-refractivity contribution is 5.79. The van der Waals surface area contributed by atoms with E-state index in [1.807, 2.05) is 6.92 Å². The van der Waals surface area contributed by atoms with Crippen LogP contribution >= 0.6 is 0 Å². The molecule has 1 atom stereocenters. The zero-order chi connectivity index (χ0) is 14.3. The Morgan fingerprint density at radius 3 is 1.71 bits per heavy atom. The van der Waals surface area contributed by atoms with Gasteiger partial charge in [-0.2, -0.15) is 0 Å². The van der Waals surface area contributed by atoms with Crippen LogP contribution in [0.4, 0.5) is 0 Å². The first kappa shape index (κ1) is 18.9. The van der Waals surface area contributed by atoms with E-state index in [-0.39, 0.29) is 0 Å². The summed E-state index contributed by atoms with van der Waals surface area (Å²) in [5.74, 6) is 0.759. The molecule has 1 unspecified atom stereocenters. The third kappa shape index (κ3) is 15.6. The van der Waals surface area contributed by atoms with Crippen LogP contribution in [-0.2, 0) is 0 Å². The molecular formula is C9H22ClN3O4. The van der Waals surface area contributed by atoms with Gasteiger partial charge in [0.05, 0.1) is 27.0 Å². The molecule has 0 aliphatic carbocycles. The second kappa shape index (κ2) is 7.80. The summed E-state index contributed by atoms with van der Waals surface area (Å²) in [6, 6.07) is 0. The highest BCUT2D eigenvalue weighted by Gasteiger charge is 2.20. The molecule has 0 amide bonds. The number of quaternary nitrogens is 1. The minimum Gasteiger partial charge on any atom is -0.387 e. The van der Waals surface area contributed by atoms with Gasteiger partial charge in [-0.05, 0) is 0 Å². The fraction of sp³-hybridized carbons (Fsp3) is 0.889. The summed E-state index contributed by atoms with van der Waals surface area (Å²) < 4.78 is 34.8. The van der Waals surface area contributed by atoms with E-state index in [1.54, 1.807) is 0 Å². The Kier molecular flexibility index (Phi) is 8.68. The molecule has 0 aliphatic rings. The van der Waals surface area contributed by atoms with Crippen molar-refractivity contribution in [1.29, 1.82) is 0 Å². The van der Waals surface area contributed by atoms with Crippen molar-refractivity contribution in [2.75, 3.05) is 21.1 Å². The van der Waals surface area contributed by atoms with Gasteiger partial charge in [0.15, 0.2) is 6.17 Å². The predicted octanol–water partition coefficient (Wildman–Crippen LogP) is -3.56. The van der Waals surface area contributed by atoms with Gasteiger partial charge in [0.2, 0.25) is 0 Å². The third-order valence-electron chi connectivity index (χ3n) is 1.94. The second-order valence-corrected chi connectivity index (χ2v) is 5.11. The van der Waals surface area contributed by atoms with Crippen LogP contribution in [0.1, 0.15) is 26.7 Å². The average Bonchev–Trinajstić information content (AvgIpc) is 2.08. The lowest BCUT2D eigenvalue weighted by molar-refractivity contribution is -2.00. The van der Waals surface area contributed by atoms with Crippen molar-refractivity contribution >= 4 is 5.84 Å².